The normalized spacial score (nSPS) is 38.5. The number of nitriles is 1. The fraction of sp³-hybridized carbons (Fsp3) is 0.966. The summed E-state index contributed by atoms with van der Waals surface area (Å²) in [5, 5.41) is 8.07. The quantitative estimate of drug-likeness (QED) is 0.177. The second-order valence-corrected chi connectivity index (χ2v) is 23.1. The van der Waals surface area contributed by atoms with Crippen molar-refractivity contribution >= 4 is 86.9 Å². The van der Waals surface area contributed by atoms with Crippen molar-refractivity contribution in [3.8, 4) is 6.07 Å². The molecule has 17 unspecified atom stereocenters. The van der Waals surface area contributed by atoms with Crippen molar-refractivity contribution in [2.75, 3.05) is 46.2 Å². The Morgan fingerprint density at radius 3 is 1.02 bits per heavy atom. The summed E-state index contributed by atoms with van der Waals surface area (Å²) in [5.74, 6) is 0. The first-order chi connectivity index (χ1) is 38.3. The summed E-state index contributed by atoms with van der Waals surface area (Å²) in [4.78, 5) is 0. The van der Waals surface area contributed by atoms with E-state index >= 15 is 0 Å². The molecule has 0 aromatic carbocycles. The van der Waals surface area contributed by atoms with Crippen LogP contribution in [0.3, 0.4) is 0 Å². The van der Waals surface area contributed by atoms with Crippen LogP contribution in [0.25, 0.3) is 0 Å². The zero-order valence-corrected chi connectivity index (χ0v) is 50.2. The molecule has 0 bridgehead atoms. The Morgan fingerprint density at radius 1 is 0.434 bits per heavy atom. The minimum atomic E-state index is -4.84. The summed E-state index contributed by atoms with van der Waals surface area (Å²) < 4.78 is 351. The van der Waals surface area contributed by atoms with Crippen LogP contribution in [-0.4, -0.2) is 139 Å². The van der Waals surface area contributed by atoms with Crippen LogP contribution in [0.2, 0.25) is 0 Å². The van der Waals surface area contributed by atoms with Gasteiger partial charge in [0.1, 0.15) is 6.61 Å². The zero-order chi connectivity index (χ0) is 63.6. The lowest BCUT2D eigenvalue weighted by molar-refractivity contribution is -0.344. The molecule has 0 spiro atoms. The minimum Gasteiger partial charge on any atom is -0.307 e. The molecule has 10 heterocycles. The van der Waals surface area contributed by atoms with Crippen molar-refractivity contribution in [1.82, 2.24) is 0 Å². The van der Waals surface area contributed by atoms with E-state index in [-0.39, 0.29) is 37.6 Å². The van der Waals surface area contributed by atoms with Crippen LogP contribution >= 0.6 is 86.9 Å². The van der Waals surface area contributed by atoms with Gasteiger partial charge in [-0.2, -0.15) is 91.1 Å². The molecule has 21 nitrogen and oxygen atoms in total. The number of alkyl halides is 13. The molecule has 0 aromatic heterocycles. The highest BCUT2D eigenvalue weighted by atomic mass is 31.2. The number of hydrogen-bond donors (Lipinski definition) is 0. The van der Waals surface area contributed by atoms with Gasteiger partial charge in [-0.25, -0.2) is 22.2 Å². The lowest BCUT2D eigenvalue weighted by Crippen LogP contribution is -2.36. The average molecular weight is 1470 g/mol. The van der Waals surface area contributed by atoms with Gasteiger partial charge in [0.15, 0.2) is 18.3 Å². The van der Waals surface area contributed by atoms with Crippen LogP contribution in [0.1, 0.15) is 41.0 Å². The van der Waals surface area contributed by atoms with E-state index in [9.17, 15) is 99.0 Å². The second-order valence-electron chi connectivity index (χ2n) is 14.3. The Kier molecular flexibility index (Phi) is 40.8. The molecule has 0 amide bonds. The van der Waals surface area contributed by atoms with Crippen LogP contribution < -0.4 is 0 Å². The van der Waals surface area contributed by atoms with E-state index in [1.165, 1.54) is 0 Å². The molecule has 10 rings (SSSR count). The van der Waals surface area contributed by atoms with E-state index in [0.717, 1.165) is 13.3 Å². The van der Waals surface area contributed by atoms with Gasteiger partial charge in [0.2, 0.25) is 6.36 Å². The summed E-state index contributed by atoms with van der Waals surface area (Å²) >= 11 is 0. The predicted molar refractivity (Wildman–Crippen MR) is 242 cm³/mol. The van der Waals surface area contributed by atoms with Crippen LogP contribution in [-0.2, 0) is 90.5 Å². The highest BCUT2D eigenvalue weighted by Gasteiger charge is 2.69. The van der Waals surface area contributed by atoms with Crippen LogP contribution in [0.4, 0.5) is 99.0 Å². The molecule has 0 saturated carbocycles. The fourth-order valence-corrected chi connectivity index (χ4v) is 10.8. The SMILES string of the molecule is CC1COP(F)O1.CC1OP(F)OC1C.CC1OP(F)OC1C(F)(F)F.CCC1COP(F)O1.FC1COP(F)O1.FC1OP(F)OC1F.FP1OC(F)(F)C(F)(F)O1.FP1OCC(C(F)(F)F)O1.FP1OCCO1.N#CC1COP(F)O1. The summed E-state index contributed by atoms with van der Waals surface area (Å²) in [6.07, 6.45) is -30.2. The molecular formula is C29H42F23NO20P10. The zero-order valence-electron chi connectivity index (χ0n) is 41.3. The topological polar surface area (TPSA) is 208 Å². The maximum absolute atomic E-state index is 12.1. The molecule has 10 aliphatic rings. The summed E-state index contributed by atoms with van der Waals surface area (Å²) in [5.41, 5.74) is 0. The number of rotatable bonds is 1. The van der Waals surface area contributed by atoms with Gasteiger partial charge in [-0.15, -0.1) is 0 Å². The summed E-state index contributed by atoms with van der Waals surface area (Å²) in [6.45, 7) is 9.20. The minimum absolute atomic E-state index is 0.00566. The molecule has 10 fully saturated rings. The van der Waals surface area contributed by atoms with Gasteiger partial charge in [-0.1, -0.05) is 6.92 Å². The van der Waals surface area contributed by atoms with Crippen LogP contribution in [0, 0.1) is 11.3 Å². The number of halogens is 23. The van der Waals surface area contributed by atoms with Gasteiger partial charge in [0, 0.05) is 0 Å². The molecule has 54 heteroatoms. The standard InChI is InChI=1S/C4H5F4O2P.2C4H8FO2P.C3H3F4O2P.C3H3FNO2P.C3H6FO2P.C2F5O2P.C2H2F3O2P.C2H3F2O2P.C2H4FO2P/c1-2-3(4(5,6)7)10-11(8)9-2;1-3-4(2)7-8(5)6-3;1-2-4-3-6-8(5)7-4;4-3(5,6)2-1-8-10(7)9-2;4-8-6-2-3(1-5)7-8;1-3-2-5-7(4)6-3;3-1(4)2(5,6)9-10(7)8-1;3-1-2(4)7-8(5)6-1;3-2-1-5-7(4)6-2;3-6-4-1-2-5-6/h2-3H,1H3;3-4H,1-2H3;4H,2-3H2,1H3;2H,1H2;3H,2H2;3H,2H2,1H3;;1-2H;2H,1H2;1-2H2. The van der Waals surface area contributed by atoms with E-state index in [4.69, 9.17) is 5.26 Å². The Morgan fingerprint density at radius 2 is 0.855 bits per heavy atom. The fourth-order valence-electron chi connectivity index (χ4n) is 3.94. The summed E-state index contributed by atoms with van der Waals surface area (Å²) in [7, 11) is -24.7. The number of nitrogens with zero attached hydrogens (tertiary/aromatic N) is 1. The Labute approximate surface area is 466 Å². The smallest absolute Gasteiger partial charge is 0.307 e. The first kappa shape index (κ1) is 82.4. The maximum atomic E-state index is 12.1. The van der Waals surface area contributed by atoms with Crippen LogP contribution in [0.5, 0.6) is 0 Å². The first-order valence-corrected chi connectivity index (χ1v) is 31.9. The molecule has 494 valence electrons. The molecule has 17 atom stereocenters. The van der Waals surface area contributed by atoms with Gasteiger partial charge in [0.05, 0.1) is 76.2 Å². The van der Waals surface area contributed by atoms with Crippen molar-refractivity contribution in [3.05, 3.63) is 0 Å². The lowest BCUT2D eigenvalue weighted by Gasteiger charge is -2.14. The van der Waals surface area contributed by atoms with E-state index in [1.54, 1.807) is 26.8 Å². The maximum Gasteiger partial charge on any atom is 0.455 e. The van der Waals surface area contributed by atoms with Crippen molar-refractivity contribution in [3.63, 3.8) is 0 Å². The van der Waals surface area contributed by atoms with Crippen molar-refractivity contribution < 1.29 is 190 Å². The third kappa shape index (κ3) is 35.7. The lowest BCUT2D eigenvalue weighted by atomic mass is 10.2. The molecule has 0 aromatic rings. The van der Waals surface area contributed by atoms with Gasteiger partial charge >= 0.3 is 111 Å². The second kappa shape index (κ2) is 41.1. The van der Waals surface area contributed by atoms with Gasteiger partial charge < -0.3 is 54.3 Å². The predicted octanol–water partition coefficient (Wildman–Crippen LogP) is 18.5. The highest BCUT2D eigenvalue weighted by Crippen LogP contribution is 2.62. The number of hydrogen-bond acceptors (Lipinski definition) is 21. The van der Waals surface area contributed by atoms with Crippen molar-refractivity contribution in [2.24, 2.45) is 0 Å². The Bertz CT molecular complexity index is 1700. The molecule has 83 heavy (non-hydrogen) atoms. The van der Waals surface area contributed by atoms with E-state index in [1.807, 2.05) is 6.92 Å². The van der Waals surface area contributed by atoms with Crippen LogP contribution in [0.15, 0.2) is 0 Å². The van der Waals surface area contributed by atoms with E-state index in [2.05, 4.69) is 90.5 Å². The molecule has 0 radical (unpaired) electrons. The van der Waals surface area contributed by atoms with Crippen molar-refractivity contribution in [1.29, 1.82) is 5.26 Å². The third-order valence-corrected chi connectivity index (χ3v) is 16.0. The van der Waals surface area contributed by atoms with E-state index < -0.39 is 162 Å². The van der Waals surface area contributed by atoms with Gasteiger partial charge in [0.25, 0.3) is 12.7 Å². The van der Waals surface area contributed by atoms with Gasteiger partial charge in [-0.3, -0.25) is 27.1 Å². The average Bonchev–Trinajstić information content (AvgIpc) is 4.41. The molecular weight excluding hydrogens is 1430 g/mol. The molecule has 0 N–H and O–H groups in total. The summed E-state index contributed by atoms with van der Waals surface area (Å²) in [6, 6.07) is 1.72. The monoisotopic (exact) mass is 1470 g/mol. The first-order valence-electron chi connectivity index (χ1n) is 21.2. The highest BCUT2D eigenvalue weighted by molar-refractivity contribution is 7.43. The van der Waals surface area contributed by atoms with E-state index in [0.29, 0.717) is 26.4 Å². The largest absolute Gasteiger partial charge is 0.455 e. The molecule has 10 aliphatic heterocycles. The van der Waals surface area contributed by atoms with Gasteiger partial charge in [-0.05, 0) is 34.1 Å². The Balaban J connectivity index is 0.000000463. The van der Waals surface area contributed by atoms with Crippen molar-refractivity contribution in [2.45, 2.75) is 134 Å². The third-order valence-electron chi connectivity index (χ3n) is 7.92. The Hall–Kier alpha value is 1.38. The molecule has 0 aliphatic carbocycles. The molecule has 10 saturated heterocycles.